The number of hydrogen-bond acceptors (Lipinski definition) is 3. The lowest BCUT2D eigenvalue weighted by Crippen LogP contribution is -2.12. The Balaban J connectivity index is 2.95. The van der Waals surface area contributed by atoms with Gasteiger partial charge in [-0.25, -0.2) is 13.5 Å². The normalized spacial score (nSPS) is 11.7. The van der Waals surface area contributed by atoms with Gasteiger partial charge in [0.1, 0.15) is 5.69 Å². The Bertz CT molecular complexity index is 309. The van der Waals surface area contributed by atoms with E-state index in [2.05, 4.69) is 10.3 Å². The predicted octanol–water partition coefficient (Wildman–Crippen LogP) is 1.37. The van der Waals surface area contributed by atoms with Gasteiger partial charge in [-0.3, -0.25) is 0 Å². The van der Waals surface area contributed by atoms with Crippen LogP contribution in [0.25, 0.3) is 0 Å². The molecule has 0 unspecified atom stereocenters. The van der Waals surface area contributed by atoms with Gasteiger partial charge in [-0.15, -0.1) is 5.10 Å². The Kier molecular flexibility index (Phi) is 4.14. The van der Waals surface area contributed by atoms with E-state index in [-0.39, 0.29) is 11.6 Å². The summed E-state index contributed by atoms with van der Waals surface area (Å²) < 4.78 is 26.8. The first-order valence-corrected chi connectivity index (χ1v) is 4.96. The molecule has 2 N–H and O–H groups in total. The molecule has 1 rings (SSSR count). The minimum atomic E-state index is -2.54. The molecule has 15 heavy (non-hydrogen) atoms. The first-order chi connectivity index (χ1) is 7.06. The fourth-order valence-electron chi connectivity index (χ4n) is 1.39. The highest BCUT2D eigenvalue weighted by molar-refractivity contribution is 5.12. The second kappa shape index (κ2) is 5.16. The van der Waals surface area contributed by atoms with Crippen molar-refractivity contribution in [1.82, 2.24) is 15.0 Å². The summed E-state index contributed by atoms with van der Waals surface area (Å²) in [4.78, 5) is 0. The average Bonchev–Trinajstić information content (AvgIpc) is 2.47. The van der Waals surface area contributed by atoms with Gasteiger partial charge in [-0.2, -0.15) is 0 Å². The van der Waals surface area contributed by atoms with E-state index in [0.29, 0.717) is 25.2 Å². The molecule has 0 aliphatic heterocycles. The van der Waals surface area contributed by atoms with Crippen molar-refractivity contribution in [3.8, 4) is 0 Å². The van der Waals surface area contributed by atoms with Crippen LogP contribution in [-0.4, -0.2) is 21.5 Å². The van der Waals surface area contributed by atoms with E-state index in [9.17, 15) is 8.78 Å². The molecule has 0 saturated carbocycles. The molecule has 1 heterocycles. The van der Waals surface area contributed by atoms with Gasteiger partial charge in [0.25, 0.3) is 6.43 Å². The van der Waals surface area contributed by atoms with Gasteiger partial charge < -0.3 is 5.73 Å². The summed E-state index contributed by atoms with van der Waals surface area (Å²) in [6, 6.07) is 0. The molecule has 1 aromatic heterocycles. The van der Waals surface area contributed by atoms with Crippen molar-refractivity contribution >= 4 is 0 Å². The minimum Gasteiger partial charge on any atom is -0.330 e. The minimum absolute atomic E-state index is 0.0887. The number of halogens is 2. The maximum Gasteiger partial charge on any atom is 0.281 e. The summed E-state index contributed by atoms with van der Waals surface area (Å²) in [5, 5.41) is 7.46. The molecule has 6 heteroatoms. The van der Waals surface area contributed by atoms with Gasteiger partial charge in [0, 0.05) is 13.0 Å². The summed E-state index contributed by atoms with van der Waals surface area (Å²) in [5.74, 6) is 0.259. The van der Waals surface area contributed by atoms with Gasteiger partial charge in [-0.1, -0.05) is 19.1 Å². The third kappa shape index (κ3) is 2.95. The lowest BCUT2D eigenvalue weighted by molar-refractivity contribution is 0.136. The van der Waals surface area contributed by atoms with Crippen LogP contribution in [0.15, 0.2) is 0 Å². The summed E-state index contributed by atoms with van der Waals surface area (Å²) >= 11 is 0. The summed E-state index contributed by atoms with van der Waals surface area (Å²) in [6.07, 6.45) is -2.20. The molecular formula is C9H16F2N4. The number of nitrogens with two attached hydrogens (primary N) is 1. The maximum absolute atomic E-state index is 12.8. The van der Waals surface area contributed by atoms with Crippen LogP contribution >= 0.6 is 0 Å². The number of aromatic nitrogens is 3. The Labute approximate surface area is 87.5 Å². The molecule has 0 saturated heterocycles. The van der Waals surface area contributed by atoms with Gasteiger partial charge in [0.15, 0.2) is 0 Å². The van der Waals surface area contributed by atoms with Crippen LogP contribution in [-0.2, 0) is 13.0 Å². The van der Waals surface area contributed by atoms with Crippen LogP contribution < -0.4 is 5.73 Å². The third-order valence-corrected chi connectivity index (χ3v) is 1.97. The number of alkyl halides is 2. The fraction of sp³-hybridized carbons (Fsp3) is 0.778. The Morgan fingerprint density at radius 2 is 2.07 bits per heavy atom. The van der Waals surface area contributed by atoms with Crippen molar-refractivity contribution in [2.45, 2.75) is 33.2 Å². The lowest BCUT2D eigenvalue weighted by Gasteiger charge is -2.08. The van der Waals surface area contributed by atoms with Gasteiger partial charge >= 0.3 is 0 Å². The van der Waals surface area contributed by atoms with E-state index in [1.54, 1.807) is 0 Å². The number of nitrogens with zero attached hydrogens (tertiary/aromatic N) is 3. The lowest BCUT2D eigenvalue weighted by atomic mass is 10.2. The zero-order valence-corrected chi connectivity index (χ0v) is 8.95. The van der Waals surface area contributed by atoms with Crippen LogP contribution in [0.4, 0.5) is 8.78 Å². The third-order valence-electron chi connectivity index (χ3n) is 1.97. The van der Waals surface area contributed by atoms with Crippen molar-refractivity contribution in [1.29, 1.82) is 0 Å². The molecule has 0 atom stereocenters. The molecule has 0 amide bonds. The van der Waals surface area contributed by atoms with E-state index in [1.807, 2.05) is 13.8 Å². The zero-order chi connectivity index (χ0) is 11.4. The predicted molar refractivity (Wildman–Crippen MR) is 52.6 cm³/mol. The fourth-order valence-corrected chi connectivity index (χ4v) is 1.39. The second-order valence-electron chi connectivity index (χ2n) is 3.84. The van der Waals surface area contributed by atoms with E-state index in [0.717, 1.165) is 0 Å². The topological polar surface area (TPSA) is 56.7 Å². The first-order valence-electron chi connectivity index (χ1n) is 4.96. The Morgan fingerprint density at radius 3 is 2.53 bits per heavy atom. The summed E-state index contributed by atoms with van der Waals surface area (Å²) in [6.45, 7) is 4.65. The highest BCUT2D eigenvalue weighted by atomic mass is 19.3. The van der Waals surface area contributed by atoms with Crippen molar-refractivity contribution in [2.24, 2.45) is 11.7 Å². The van der Waals surface area contributed by atoms with Crippen LogP contribution in [0.5, 0.6) is 0 Å². The highest BCUT2D eigenvalue weighted by Crippen LogP contribution is 2.22. The maximum atomic E-state index is 12.8. The molecule has 0 aliphatic rings. The largest absolute Gasteiger partial charge is 0.330 e. The molecule has 1 aromatic rings. The SMILES string of the molecule is CC(C)Cn1nnc(CCN)c1C(F)F. The molecule has 86 valence electrons. The first kappa shape index (κ1) is 12.0. The van der Waals surface area contributed by atoms with Crippen molar-refractivity contribution in [3.63, 3.8) is 0 Å². The van der Waals surface area contributed by atoms with E-state index in [1.165, 1.54) is 4.68 Å². The molecule has 0 bridgehead atoms. The monoisotopic (exact) mass is 218 g/mol. The Hall–Kier alpha value is -1.04. The average molecular weight is 218 g/mol. The van der Waals surface area contributed by atoms with Crippen LogP contribution in [0.1, 0.15) is 31.7 Å². The second-order valence-corrected chi connectivity index (χ2v) is 3.84. The Morgan fingerprint density at radius 1 is 1.40 bits per heavy atom. The van der Waals surface area contributed by atoms with E-state index >= 15 is 0 Å². The summed E-state index contributed by atoms with van der Waals surface area (Å²) in [7, 11) is 0. The summed E-state index contributed by atoms with van der Waals surface area (Å²) in [5.41, 5.74) is 5.54. The molecule has 0 radical (unpaired) electrons. The van der Waals surface area contributed by atoms with Crippen molar-refractivity contribution in [3.05, 3.63) is 11.4 Å². The molecule has 0 aliphatic carbocycles. The molecule has 0 fully saturated rings. The van der Waals surface area contributed by atoms with Crippen LogP contribution in [0.2, 0.25) is 0 Å². The van der Waals surface area contributed by atoms with E-state index in [4.69, 9.17) is 5.73 Å². The smallest absolute Gasteiger partial charge is 0.281 e. The van der Waals surface area contributed by atoms with Crippen LogP contribution in [0.3, 0.4) is 0 Å². The molecule has 0 aromatic carbocycles. The molecule has 0 spiro atoms. The quantitative estimate of drug-likeness (QED) is 0.812. The number of hydrogen-bond donors (Lipinski definition) is 1. The van der Waals surface area contributed by atoms with Crippen molar-refractivity contribution < 1.29 is 8.78 Å². The molecular weight excluding hydrogens is 202 g/mol. The van der Waals surface area contributed by atoms with Gasteiger partial charge in [0.05, 0.1) is 5.69 Å². The highest BCUT2D eigenvalue weighted by Gasteiger charge is 2.21. The van der Waals surface area contributed by atoms with Crippen molar-refractivity contribution in [2.75, 3.05) is 6.54 Å². The van der Waals surface area contributed by atoms with E-state index < -0.39 is 6.43 Å². The van der Waals surface area contributed by atoms with Crippen LogP contribution in [0, 0.1) is 5.92 Å². The number of rotatable bonds is 5. The molecule has 4 nitrogen and oxygen atoms in total. The van der Waals surface area contributed by atoms with Gasteiger partial charge in [0.2, 0.25) is 0 Å². The van der Waals surface area contributed by atoms with Gasteiger partial charge in [-0.05, 0) is 12.5 Å². The standard InChI is InChI=1S/C9H16F2N4/c1-6(2)5-15-8(9(10)11)7(3-4-12)13-14-15/h6,9H,3-5,12H2,1-2H3. The zero-order valence-electron chi connectivity index (χ0n) is 8.95.